The van der Waals surface area contributed by atoms with E-state index in [0.717, 1.165) is 18.5 Å². The second-order valence-corrected chi connectivity index (χ2v) is 4.76. The third-order valence-electron chi connectivity index (χ3n) is 3.39. The van der Waals surface area contributed by atoms with Crippen LogP contribution in [0.3, 0.4) is 0 Å². The van der Waals surface area contributed by atoms with E-state index in [1.807, 2.05) is 12.1 Å². The van der Waals surface area contributed by atoms with Gasteiger partial charge in [0, 0.05) is 12.1 Å². The number of nitrogens with one attached hydrogen (secondary N) is 1. The van der Waals surface area contributed by atoms with E-state index in [9.17, 15) is 4.79 Å². The predicted molar refractivity (Wildman–Crippen MR) is 76.6 cm³/mol. The standard InChI is InChI=1S/C15H24N2O/c1-4-12(10-16)9-15(18)17-14-7-6-13(5-2)11(3)8-14/h6-8,12H,4-5,9-10,16H2,1-3H3,(H,17,18). The average Bonchev–Trinajstić information content (AvgIpc) is 2.36. The van der Waals surface area contributed by atoms with Gasteiger partial charge in [-0.15, -0.1) is 0 Å². The monoisotopic (exact) mass is 248 g/mol. The van der Waals surface area contributed by atoms with Crippen molar-refractivity contribution >= 4 is 11.6 Å². The molecule has 0 aliphatic heterocycles. The third kappa shape index (κ3) is 4.15. The molecule has 0 fully saturated rings. The Kier molecular flexibility index (Phi) is 5.86. The smallest absolute Gasteiger partial charge is 0.224 e. The largest absolute Gasteiger partial charge is 0.330 e. The highest BCUT2D eigenvalue weighted by molar-refractivity contribution is 5.91. The number of rotatable bonds is 6. The van der Waals surface area contributed by atoms with Crippen LogP contribution >= 0.6 is 0 Å². The molecule has 1 aromatic carbocycles. The molecule has 3 N–H and O–H groups in total. The van der Waals surface area contributed by atoms with Gasteiger partial charge in [0.05, 0.1) is 0 Å². The maximum absolute atomic E-state index is 11.8. The number of amides is 1. The Labute approximate surface area is 110 Å². The second kappa shape index (κ2) is 7.17. The van der Waals surface area contributed by atoms with E-state index < -0.39 is 0 Å². The zero-order valence-electron chi connectivity index (χ0n) is 11.6. The molecule has 0 heterocycles. The van der Waals surface area contributed by atoms with Crippen LogP contribution in [0.5, 0.6) is 0 Å². The van der Waals surface area contributed by atoms with Crippen LogP contribution in [0, 0.1) is 12.8 Å². The van der Waals surface area contributed by atoms with Crippen molar-refractivity contribution < 1.29 is 4.79 Å². The Balaban J connectivity index is 2.62. The Morgan fingerprint density at radius 1 is 1.39 bits per heavy atom. The molecule has 18 heavy (non-hydrogen) atoms. The number of carbonyl (C=O) groups excluding carboxylic acids is 1. The minimum Gasteiger partial charge on any atom is -0.330 e. The minimum absolute atomic E-state index is 0.0518. The van der Waals surface area contributed by atoms with Crippen LogP contribution in [0.2, 0.25) is 0 Å². The molecule has 0 radical (unpaired) electrons. The lowest BCUT2D eigenvalue weighted by Crippen LogP contribution is -2.21. The maximum atomic E-state index is 11.8. The normalized spacial score (nSPS) is 12.2. The van der Waals surface area contributed by atoms with Crippen molar-refractivity contribution in [3.05, 3.63) is 29.3 Å². The van der Waals surface area contributed by atoms with Gasteiger partial charge in [0.2, 0.25) is 5.91 Å². The van der Waals surface area contributed by atoms with E-state index in [-0.39, 0.29) is 11.8 Å². The first-order chi connectivity index (χ1) is 8.60. The summed E-state index contributed by atoms with van der Waals surface area (Å²) in [5.41, 5.74) is 9.03. The number of anilines is 1. The highest BCUT2D eigenvalue weighted by atomic mass is 16.1. The fourth-order valence-electron chi connectivity index (χ4n) is 2.04. The molecule has 3 heteroatoms. The van der Waals surface area contributed by atoms with Gasteiger partial charge in [0.1, 0.15) is 0 Å². The van der Waals surface area contributed by atoms with Gasteiger partial charge < -0.3 is 11.1 Å². The summed E-state index contributed by atoms with van der Waals surface area (Å²) in [6, 6.07) is 6.07. The van der Waals surface area contributed by atoms with E-state index in [2.05, 4.69) is 32.2 Å². The summed E-state index contributed by atoms with van der Waals surface area (Å²) < 4.78 is 0. The van der Waals surface area contributed by atoms with Gasteiger partial charge >= 0.3 is 0 Å². The highest BCUT2D eigenvalue weighted by Crippen LogP contribution is 2.16. The Bertz CT molecular complexity index is 397. The molecular weight excluding hydrogens is 224 g/mol. The van der Waals surface area contributed by atoms with Gasteiger partial charge in [0.15, 0.2) is 0 Å². The molecule has 1 aromatic rings. The zero-order chi connectivity index (χ0) is 13.5. The lowest BCUT2D eigenvalue weighted by molar-refractivity contribution is -0.117. The molecule has 0 spiro atoms. The lowest BCUT2D eigenvalue weighted by Gasteiger charge is -2.13. The SMILES string of the molecule is CCc1ccc(NC(=O)CC(CC)CN)cc1C. The molecule has 1 rings (SSSR count). The number of hydrogen-bond donors (Lipinski definition) is 2. The fraction of sp³-hybridized carbons (Fsp3) is 0.533. The first kappa shape index (κ1) is 14.7. The molecule has 0 aliphatic carbocycles. The van der Waals surface area contributed by atoms with E-state index in [1.54, 1.807) is 0 Å². The van der Waals surface area contributed by atoms with Crippen LogP contribution in [0.1, 0.15) is 37.8 Å². The van der Waals surface area contributed by atoms with Crippen molar-refractivity contribution in [2.75, 3.05) is 11.9 Å². The molecule has 0 saturated heterocycles. The van der Waals surface area contributed by atoms with Crippen LogP contribution in [-0.2, 0) is 11.2 Å². The molecule has 0 saturated carbocycles. The molecular formula is C15H24N2O. The Morgan fingerprint density at radius 3 is 2.61 bits per heavy atom. The maximum Gasteiger partial charge on any atom is 0.224 e. The Morgan fingerprint density at radius 2 is 2.11 bits per heavy atom. The van der Waals surface area contributed by atoms with Crippen LogP contribution in [0.15, 0.2) is 18.2 Å². The van der Waals surface area contributed by atoms with Crippen LogP contribution in [0.25, 0.3) is 0 Å². The van der Waals surface area contributed by atoms with E-state index >= 15 is 0 Å². The predicted octanol–water partition coefficient (Wildman–Crippen LogP) is 2.87. The summed E-state index contributed by atoms with van der Waals surface area (Å²) in [5, 5.41) is 2.94. The van der Waals surface area contributed by atoms with Crippen molar-refractivity contribution in [3.8, 4) is 0 Å². The number of benzene rings is 1. The third-order valence-corrected chi connectivity index (χ3v) is 3.39. The first-order valence-corrected chi connectivity index (χ1v) is 6.70. The highest BCUT2D eigenvalue weighted by Gasteiger charge is 2.10. The topological polar surface area (TPSA) is 55.1 Å². The summed E-state index contributed by atoms with van der Waals surface area (Å²) in [5.74, 6) is 0.331. The molecule has 3 nitrogen and oxygen atoms in total. The molecule has 0 bridgehead atoms. The molecule has 1 atom stereocenters. The number of nitrogens with two attached hydrogens (primary N) is 1. The number of aryl methyl sites for hydroxylation is 2. The van der Waals surface area contributed by atoms with Crippen molar-refractivity contribution in [2.24, 2.45) is 11.7 Å². The van der Waals surface area contributed by atoms with Crippen LogP contribution in [-0.4, -0.2) is 12.5 Å². The summed E-state index contributed by atoms with van der Waals surface area (Å²) in [4.78, 5) is 11.8. The van der Waals surface area contributed by atoms with E-state index in [1.165, 1.54) is 11.1 Å². The van der Waals surface area contributed by atoms with Gasteiger partial charge in [-0.1, -0.05) is 26.3 Å². The molecule has 1 amide bonds. The zero-order valence-corrected chi connectivity index (χ0v) is 11.6. The van der Waals surface area contributed by atoms with E-state index in [0.29, 0.717) is 13.0 Å². The van der Waals surface area contributed by atoms with Crippen molar-refractivity contribution in [3.63, 3.8) is 0 Å². The second-order valence-electron chi connectivity index (χ2n) is 4.76. The Hall–Kier alpha value is -1.35. The van der Waals surface area contributed by atoms with Crippen molar-refractivity contribution in [1.82, 2.24) is 0 Å². The van der Waals surface area contributed by atoms with Crippen molar-refractivity contribution in [1.29, 1.82) is 0 Å². The van der Waals surface area contributed by atoms with Gasteiger partial charge in [-0.25, -0.2) is 0 Å². The van der Waals surface area contributed by atoms with Crippen LogP contribution in [0.4, 0.5) is 5.69 Å². The average molecular weight is 248 g/mol. The van der Waals surface area contributed by atoms with Gasteiger partial charge in [-0.3, -0.25) is 4.79 Å². The molecule has 1 unspecified atom stereocenters. The fourth-order valence-corrected chi connectivity index (χ4v) is 2.04. The minimum atomic E-state index is 0.0518. The molecule has 100 valence electrons. The van der Waals surface area contributed by atoms with Crippen LogP contribution < -0.4 is 11.1 Å². The summed E-state index contributed by atoms with van der Waals surface area (Å²) in [6.07, 6.45) is 2.46. The first-order valence-electron chi connectivity index (χ1n) is 6.70. The summed E-state index contributed by atoms with van der Waals surface area (Å²) in [6.45, 7) is 6.83. The number of carbonyl (C=O) groups is 1. The quantitative estimate of drug-likeness (QED) is 0.813. The van der Waals surface area contributed by atoms with E-state index in [4.69, 9.17) is 5.73 Å². The van der Waals surface area contributed by atoms with Gasteiger partial charge in [0.25, 0.3) is 0 Å². The van der Waals surface area contributed by atoms with Crippen molar-refractivity contribution in [2.45, 2.75) is 40.0 Å². The van der Waals surface area contributed by atoms with Gasteiger partial charge in [-0.05, 0) is 49.1 Å². The molecule has 0 aliphatic rings. The lowest BCUT2D eigenvalue weighted by atomic mass is 10.0. The molecule has 0 aromatic heterocycles. The number of hydrogen-bond acceptors (Lipinski definition) is 2. The summed E-state index contributed by atoms with van der Waals surface area (Å²) in [7, 11) is 0. The summed E-state index contributed by atoms with van der Waals surface area (Å²) >= 11 is 0. The van der Waals surface area contributed by atoms with Gasteiger partial charge in [-0.2, -0.15) is 0 Å².